The summed E-state index contributed by atoms with van der Waals surface area (Å²) >= 11 is 6.33. The number of nitrogens with zero attached hydrogens (tertiary/aromatic N) is 2. The zero-order valence-electron chi connectivity index (χ0n) is 12.6. The lowest BCUT2D eigenvalue weighted by Gasteiger charge is -2.22. The number of aromatic nitrogens is 2. The van der Waals surface area contributed by atoms with Crippen LogP contribution in [0.2, 0.25) is 5.02 Å². The third-order valence-corrected chi connectivity index (χ3v) is 4.07. The van der Waals surface area contributed by atoms with E-state index in [4.69, 9.17) is 16.3 Å². The average Bonchev–Trinajstić information content (AvgIpc) is 2.76. The molecule has 0 saturated carbocycles. The first-order chi connectivity index (χ1) is 10.1. The molecule has 2 atom stereocenters. The first-order valence-corrected chi connectivity index (χ1v) is 7.42. The zero-order valence-corrected chi connectivity index (χ0v) is 13.3. The number of aryl methyl sites for hydroxylation is 2. The van der Waals surface area contributed by atoms with Crippen molar-refractivity contribution in [3.8, 4) is 0 Å². The second kappa shape index (κ2) is 7.07. The standard InChI is InChI=1S/C16H21ClN2O2/c1-4-12-15(17)13(19(2)18-12)10-14(20)16(21-3)11-8-6-5-7-9-11/h5-9,14,16,20H,4,10H2,1-3H3. The van der Waals surface area contributed by atoms with E-state index in [1.165, 1.54) is 0 Å². The van der Waals surface area contributed by atoms with Gasteiger partial charge in [0.2, 0.25) is 0 Å². The molecule has 2 unspecified atom stereocenters. The van der Waals surface area contributed by atoms with Gasteiger partial charge in [-0.25, -0.2) is 0 Å². The molecule has 0 amide bonds. The van der Waals surface area contributed by atoms with Crippen LogP contribution in [0, 0.1) is 0 Å². The molecule has 0 saturated heterocycles. The van der Waals surface area contributed by atoms with Crippen molar-refractivity contribution in [2.75, 3.05) is 7.11 Å². The minimum atomic E-state index is -0.685. The van der Waals surface area contributed by atoms with Crippen molar-refractivity contribution in [2.24, 2.45) is 7.05 Å². The Hall–Kier alpha value is -1.36. The summed E-state index contributed by atoms with van der Waals surface area (Å²) in [5, 5.41) is 15.5. The fourth-order valence-corrected chi connectivity index (χ4v) is 2.88. The summed E-state index contributed by atoms with van der Waals surface area (Å²) in [6.07, 6.45) is 0.0995. The van der Waals surface area contributed by atoms with Gasteiger partial charge in [0.25, 0.3) is 0 Å². The molecule has 0 bridgehead atoms. The minimum absolute atomic E-state index is 0.387. The summed E-state index contributed by atoms with van der Waals surface area (Å²) in [6, 6.07) is 9.69. The van der Waals surface area contributed by atoms with Crippen LogP contribution in [-0.4, -0.2) is 28.1 Å². The first kappa shape index (κ1) is 16.0. The van der Waals surface area contributed by atoms with Crippen molar-refractivity contribution in [2.45, 2.75) is 32.0 Å². The molecule has 21 heavy (non-hydrogen) atoms. The molecule has 1 heterocycles. The Morgan fingerprint density at radius 1 is 1.33 bits per heavy atom. The normalized spacial score (nSPS) is 14.1. The quantitative estimate of drug-likeness (QED) is 0.892. The molecule has 2 aromatic rings. The van der Waals surface area contributed by atoms with Crippen molar-refractivity contribution in [3.05, 3.63) is 52.3 Å². The second-order valence-corrected chi connectivity index (χ2v) is 5.40. The molecule has 0 radical (unpaired) electrons. The monoisotopic (exact) mass is 308 g/mol. The van der Waals surface area contributed by atoms with Crippen LogP contribution in [-0.2, 0) is 24.6 Å². The largest absolute Gasteiger partial charge is 0.390 e. The molecule has 5 heteroatoms. The lowest BCUT2D eigenvalue weighted by molar-refractivity contribution is -0.0136. The van der Waals surface area contributed by atoms with Crippen LogP contribution in [0.25, 0.3) is 0 Å². The van der Waals surface area contributed by atoms with Crippen LogP contribution in [0.3, 0.4) is 0 Å². The summed E-state index contributed by atoms with van der Waals surface area (Å²) in [6.45, 7) is 2.01. The first-order valence-electron chi connectivity index (χ1n) is 7.04. The summed E-state index contributed by atoms with van der Waals surface area (Å²) in [7, 11) is 3.45. The molecule has 2 rings (SSSR count). The summed E-state index contributed by atoms with van der Waals surface area (Å²) in [5.74, 6) is 0. The highest BCUT2D eigenvalue weighted by molar-refractivity contribution is 6.31. The molecule has 1 aromatic carbocycles. The van der Waals surface area contributed by atoms with Crippen molar-refractivity contribution >= 4 is 11.6 Å². The van der Waals surface area contributed by atoms with E-state index in [9.17, 15) is 5.11 Å². The average molecular weight is 309 g/mol. The van der Waals surface area contributed by atoms with Gasteiger partial charge in [-0.15, -0.1) is 0 Å². The van der Waals surface area contributed by atoms with E-state index >= 15 is 0 Å². The number of methoxy groups -OCH3 is 1. The van der Waals surface area contributed by atoms with Gasteiger partial charge in [0.15, 0.2) is 0 Å². The summed E-state index contributed by atoms with van der Waals surface area (Å²) in [5.41, 5.74) is 2.63. The van der Waals surface area contributed by atoms with Gasteiger partial charge >= 0.3 is 0 Å². The Labute approximate surface area is 130 Å². The highest BCUT2D eigenvalue weighted by Gasteiger charge is 2.24. The van der Waals surface area contributed by atoms with E-state index in [1.54, 1.807) is 11.8 Å². The van der Waals surface area contributed by atoms with Crippen LogP contribution in [0.15, 0.2) is 30.3 Å². The van der Waals surface area contributed by atoms with Gasteiger partial charge in [-0.3, -0.25) is 4.68 Å². The van der Waals surface area contributed by atoms with Gasteiger partial charge in [-0.1, -0.05) is 48.9 Å². The highest BCUT2D eigenvalue weighted by atomic mass is 35.5. The third kappa shape index (κ3) is 3.46. The van der Waals surface area contributed by atoms with E-state index in [0.717, 1.165) is 23.4 Å². The van der Waals surface area contributed by atoms with Gasteiger partial charge in [0.1, 0.15) is 6.10 Å². The Morgan fingerprint density at radius 2 is 2.00 bits per heavy atom. The minimum Gasteiger partial charge on any atom is -0.390 e. The molecular weight excluding hydrogens is 288 g/mol. The summed E-state index contributed by atoms with van der Waals surface area (Å²) in [4.78, 5) is 0. The molecule has 0 fully saturated rings. The van der Waals surface area contributed by atoms with Crippen LogP contribution in [0.1, 0.15) is 30.0 Å². The number of rotatable bonds is 6. The Morgan fingerprint density at radius 3 is 2.52 bits per heavy atom. The van der Waals surface area contributed by atoms with Crippen molar-refractivity contribution in [3.63, 3.8) is 0 Å². The fourth-order valence-electron chi connectivity index (χ4n) is 2.50. The molecular formula is C16H21ClN2O2. The molecule has 1 N–H and O–H groups in total. The Kier molecular flexibility index (Phi) is 5.39. The number of ether oxygens (including phenoxy) is 1. The lowest BCUT2D eigenvalue weighted by atomic mass is 10.0. The van der Waals surface area contributed by atoms with Gasteiger partial charge in [-0.05, 0) is 12.0 Å². The van der Waals surface area contributed by atoms with Crippen LogP contribution < -0.4 is 0 Å². The molecule has 0 aliphatic carbocycles. The van der Waals surface area contributed by atoms with E-state index in [1.807, 2.05) is 44.3 Å². The van der Waals surface area contributed by atoms with E-state index in [2.05, 4.69) is 5.10 Å². The van der Waals surface area contributed by atoms with Crippen molar-refractivity contribution < 1.29 is 9.84 Å². The van der Waals surface area contributed by atoms with Crippen LogP contribution in [0.5, 0.6) is 0 Å². The lowest BCUT2D eigenvalue weighted by Crippen LogP contribution is -2.24. The summed E-state index contributed by atoms with van der Waals surface area (Å²) < 4.78 is 7.20. The van der Waals surface area contributed by atoms with Gasteiger partial charge in [0, 0.05) is 20.6 Å². The second-order valence-electron chi connectivity index (χ2n) is 5.02. The molecule has 0 aliphatic heterocycles. The Balaban J connectivity index is 2.20. The third-order valence-electron chi connectivity index (χ3n) is 3.64. The number of hydrogen-bond donors (Lipinski definition) is 1. The number of hydrogen-bond acceptors (Lipinski definition) is 3. The number of aliphatic hydroxyl groups excluding tert-OH is 1. The maximum absolute atomic E-state index is 10.5. The smallest absolute Gasteiger partial charge is 0.108 e. The molecule has 1 aromatic heterocycles. The van der Waals surface area contributed by atoms with Gasteiger partial charge in [-0.2, -0.15) is 5.10 Å². The van der Waals surface area contributed by atoms with Crippen molar-refractivity contribution in [1.29, 1.82) is 0 Å². The fraction of sp³-hybridized carbons (Fsp3) is 0.438. The van der Waals surface area contributed by atoms with Gasteiger partial charge in [0.05, 0.1) is 22.5 Å². The molecule has 114 valence electrons. The molecule has 0 aliphatic rings. The predicted octanol–water partition coefficient (Wildman–Crippen LogP) is 2.93. The van der Waals surface area contributed by atoms with E-state index in [-0.39, 0.29) is 6.10 Å². The topological polar surface area (TPSA) is 47.3 Å². The van der Waals surface area contributed by atoms with Crippen LogP contribution in [0.4, 0.5) is 0 Å². The molecule has 0 spiro atoms. The van der Waals surface area contributed by atoms with Crippen LogP contribution >= 0.6 is 11.6 Å². The van der Waals surface area contributed by atoms with E-state index < -0.39 is 6.10 Å². The number of benzene rings is 1. The number of halogens is 1. The maximum atomic E-state index is 10.5. The predicted molar refractivity (Wildman–Crippen MR) is 83.5 cm³/mol. The Bertz CT molecular complexity index is 583. The van der Waals surface area contributed by atoms with E-state index in [0.29, 0.717) is 11.4 Å². The zero-order chi connectivity index (χ0) is 15.4. The van der Waals surface area contributed by atoms with Gasteiger partial charge < -0.3 is 9.84 Å². The maximum Gasteiger partial charge on any atom is 0.108 e. The SMILES string of the molecule is CCc1nn(C)c(CC(O)C(OC)c2ccccc2)c1Cl. The number of aliphatic hydroxyl groups is 1. The molecule has 4 nitrogen and oxygen atoms in total. The van der Waals surface area contributed by atoms with Crippen molar-refractivity contribution in [1.82, 2.24) is 9.78 Å². The highest BCUT2D eigenvalue weighted by Crippen LogP contribution is 2.27.